The molecule has 0 atom stereocenters. The van der Waals surface area contributed by atoms with E-state index in [1.54, 1.807) is 25.2 Å². The lowest BCUT2D eigenvalue weighted by Crippen LogP contribution is -2.21. The Balaban J connectivity index is 1.98. The van der Waals surface area contributed by atoms with Crippen molar-refractivity contribution in [1.82, 2.24) is 9.88 Å². The van der Waals surface area contributed by atoms with Crippen LogP contribution in [0.4, 0.5) is 5.69 Å². The molecule has 0 bridgehead atoms. The molecule has 0 saturated carbocycles. The molecule has 0 aliphatic carbocycles. The van der Waals surface area contributed by atoms with E-state index >= 15 is 0 Å². The van der Waals surface area contributed by atoms with E-state index in [1.807, 2.05) is 24.3 Å². The molecule has 0 fully saturated rings. The number of carbonyl (C=O) groups is 1. The fraction of sp³-hybridized carbons (Fsp3) is 0.333. The average molecular weight is 324 g/mol. The number of benzene rings is 1. The van der Waals surface area contributed by atoms with E-state index in [0.29, 0.717) is 17.4 Å². The van der Waals surface area contributed by atoms with Crippen LogP contribution in [0.3, 0.4) is 0 Å². The summed E-state index contributed by atoms with van der Waals surface area (Å²) in [5.41, 5.74) is 2.19. The highest BCUT2D eigenvalue weighted by molar-refractivity contribution is 7.15. The summed E-state index contributed by atoms with van der Waals surface area (Å²) in [5, 5.41) is 3.38. The molecule has 0 saturated heterocycles. The molecule has 0 spiro atoms. The number of rotatable bonds is 6. The zero-order valence-electron chi connectivity index (χ0n) is 12.1. The van der Waals surface area contributed by atoms with Gasteiger partial charge < -0.3 is 10.2 Å². The minimum atomic E-state index is 0.138. The van der Waals surface area contributed by atoms with Crippen molar-refractivity contribution in [2.75, 3.05) is 19.4 Å². The van der Waals surface area contributed by atoms with Crippen LogP contribution in [-0.2, 0) is 17.8 Å². The second kappa shape index (κ2) is 7.43. The number of amides is 1. The van der Waals surface area contributed by atoms with Crippen LogP contribution in [0.2, 0.25) is 4.47 Å². The summed E-state index contributed by atoms with van der Waals surface area (Å²) >= 11 is 7.29. The summed E-state index contributed by atoms with van der Waals surface area (Å²) in [6.07, 6.45) is 3.01. The SMILES string of the molecule is CN(C)C(=O)CCc1ccccc1NCc1cnc(Cl)s1. The largest absolute Gasteiger partial charge is 0.380 e. The van der Waals surface area contributed by atoms with Crippen molar-refractivity contribution >= 4 is 34.5 Å². The molecular formula is C15H18ClN3OS. The van der Waals surface area contributed by atoms with Crippen molar-refractivity contribution in [2.45, 2.75) is 19.4 Å². The summed E-state index contributed by atoms with van der Waals surface area (Å²) in [6.45, 7) is 0.684. The number of hydrogen-bond donors (Lipinski definition) is 1. The highest BCUT2D eigenvalue weighted by Crippen LogP contribution is 2.21. The Labute approximate surface area is 133 Å². The van der Waals surface area contributed by atoms with Crippen LogP contribution in [0.5, 0.6) is 0 Å². The molecule has 0 aliphatic rings. The number of nitrogens with one attached hydrogen (secondary N) is 1. The molecule has 0 aliphatic heterocycles. The Morgan fingerprint density at radius 3 is 2.81 bits per heavy atom. The number of para-hydroxylation sites is 1. The summed E-state index contributed by atoms with van der Waals surface area (Å²) in [5.74, 6) is 0.138. The fourth-order valence-corrected chi connectivity index (χ4v) is 2.84. The first-order valence-electron chi connectivity index (χ1n) is 6.68. The van der Waals surface area contributed by atoms with Gasteiger partial charge in [-0.25, -0.2) is 4.98 Å². The molecule has 2 aromatic rings. The lowest BCUT2D eigenvalue weighted by Gasteiger charge is -2.13. The monoisotopic (exact) mass is 323 g/mol. The molecule has 0 radical (unpaired) electrons. The quantitative estimate of drug-likeness (QED) is 0.886. The van der Waals surface area contributed by atoms with Crippen molar-refractivity contribution in [3.8, 4) is 0 Å². The topological polar surface area (TPSA) is 45.2 Å². The van der Waals surface area contributed by atoms with Gasteiger partial charge in [0.15, 0.2) is 4.47 Å². The standard InChI is InChI=1S/C15H18ClN3OS/c1-19(2)14(20)8-7-11-5-3-4-6-13(11)17-9-12-10-18-15(16)21-12/h3-6,10,17H,7-9H2,1-2H3. The van der Waals surface area contributed by atoms with Crippen molar-refractivity contribution in [1.29, 1.82) is 0 Å². The van der Waals surface area contributed by atoms with Crippen molar-refractivity contribution in [3.05, 3.63) is 45.4 Å². The minimum Gasteiger partial charge on any atom is -0.380 e. The van der Waals surface area contributed by atoms with Crippen LogP contribution in [-0.4, -0.2) is 29.9 Å². The molecule has 21 heavy (non-hydrogen) atoms. The Hall–Kier alpha value is -1.59. The molecule has 0 unspecified atom stereocenters. The Kier molecular flexibility index (Phi) is 5.59. The molecule has 2 rings (SSSR count). The van der Waals surface area contributed by atoms with E-state index in [-0.39, 0.29) is 5.91 Å². The predicted molar refractivity (Wildman–Crippen MR) is 87.9 cm³/mol. The molecule has 4 nitrogen and oxygen atoms in total. The van der Waals surface area contributed by atoms with E-state index < -0.39 is 0 Å². The third-order valence-corrected chi connectivity index (χ3v) is 4.22. The second-order valence-corrected chi connectivity index (χ2v) is 6.58. The number of hydrogen-bond acceptors (Lipinski definition) is 4. The summed E-state index contributed by atoms with van der Waals surface area (Å²) in [4.78, 5) is 18.4. The third kappa shape index (κ3) is 4.72. The average Bonchev–Trinajstić information content (AvgIpc) is 2.89. The van der Waals surface area contributed by atoms with Gasteiger partial charge in [0, 0.05) is 37.3 Å². The molecule has 1 N–H and O–H groups in total. The van der Waals surface area contributed by atoms with E-state index in [1.165, 1.54) is 11.3 Å². The van der Waals surface area contributed by atoms with Crippen molar-refractivity contribution in [2.24, 2.45) is 0 Å². The fourth-order valence-electron chi connectivity index (χ4n) is 1.92. The maximum atomic E-state index is 11.7. The summed E-state index contributed by atoms with van der Waals surface area (Å²) in [6, 6.07) is 8.05. The van der Waals surface area contributed by atoms with Gasteiger partial charge in [0.2, 0.25) is 5.91 Å². The lowest BCUT2D eigenvalue weighted by molar-refractivity contribution is -0.128. The molecule has 1 aromatic heterocycles. The maximum absolute atomic E-state index is 11.7. The zero-order valence-corrected chi connectivity index (χ0v) is 13.7. The van der Waals surface area contributed by atoms with Crippen LogP contribution in [0.1, 0.15) is 16.9 Å². The number of carbonyl (C=O) groups excluding carboxylic acids is 1. The number of aromatic nitrogens is 1. The van der Waals surface area contributed by atoms with Crippen LogP contribution in [0, 0.1) is 0 Å². The zero-order chi connectivity index (χ0) is 15.2. The molecular weight excluding hydrogens is 306 g/mol. The van der Waals surface area contributed by atoms with E-state index in [9.17, 15) is 4.79 Å². The van der Waals surface area contributed by atoms with Crippen LogP contribution in [0.15, 0.2) is 30.5 Å². The number of nitrogens with zero attached hydrogens (tertiary/aromatic N) is 2. The highest BCUT2D eigenvalue weighted by Gasteiger charge is 2.08. The van der Waals surface area contributed by atoms with Gasteiger partial charge in [-0.2, -0.15) is 0 Å². The first-order valence-corrected chi connectivity index (χ1v) is 7.88. The molecule has 112 valence electrons. The first kappa shape index (κ1) is 15.8. The van der Waals surface area contributed by atoms with Crippen molar-refractivity contribution in [3.63, 3.8) is 0 Å². The van der Waals surface area contributed by atoms with Gasteiger partial charge in [-0.15, -0.1) is 11.3 Å². The van der Waals surface area contributed by atoms with E-state index in [2.05, 4.69) is 10.3 Å². The molecule has 1 aromatic carbocycles. The van der Waals surface area contributed by atoms with Gasteiger partial charge in [0.1, 0.15) is 0 Å². The number of aryl methyl sites for hydroxylation is 1. The minimum absolute atomic E-state index is 0.138. The normalized spacial score (nSPS) is 10.4. The molecule has 6 heteroatoms. The summed E-state index contributed by atoms with van der Waals surface area (Å²) in [7, 11) is 3.56. The van der Waals surface area contributed by atoms with Gasteiger partial charge in [-0.3, -0.25) is 4.79 Å². The van der Waals surface area contributed by atoms with Gasteiger partial charge in [-0.05, 0) is 18.1 Å². The predicted octanol–water partition coefficient (Wildman–Crippen LogP) is 3.43. The molecule has 1 heterocycles. The second-order valence-electron chi connectivity index (χ2n) is 4.88. The Morgan fingerprint density at radius 2 is 2.14 bits per heavy atom. The van der Waals surface area contributed by atoms with Crippen molar-refractivity contribution < 1.29 is 4.79 Å². The number of halogens is 1. The first-order chi connectivity index (χ1) is 10.1. The Bertz CT molecular complexity index is 612. The maximum Gasteiger partial charge on any atom is 0.222 e. The van der Waals surface area contributed by atoms with Crippen LogP contribution < -0.4 is 5.32 Å². The third-order valence-electron chi connectivity index (χ3n) is 3.10. The number of thiazole rings is 1. The highest BCUT2D eigenvalue weighted by atomic mass is 35.5. The van der Waals surface area contributed by atoms with Crippen LogP contribution >= 0.6 is 22.9 Å². The van der Waals surface area contributed by atoms with Crippen LogP contribution in [0.25, 0.3) is 0 Å². The number of anilines is 1. The smallest absolute Gasteiger partial charge is 0.222 e. The van der Waals surface area contributed by atoms with Gasteiger partial charge >= 0.3 is 0 Å². The van der Waals surface area contributed by atoms with E-state index in [0.717, 1.165) is 22.5 Å². The Morgan fingerprint density at radius 1 is 1.38 bits per heavy atom. The summed E-state index contributed by atoms with van der Waals surface area (Å²) < 4.78 is 0.552. The van der Waals surface area contributed by atoms with Gasteiger partial charge in [-0.1, -0.05) is 29.8 Å². The molecule has 1 amide bonds. The van der Waals surface area contributed by atoms with Gasteiger partial charge in [0.25, 0.3) is 0 Å². The lowest BCUT2D eigenvalue weighted by atomic mass is 10.1. The van der Waals surface area contributed by atoms with Gasteiger partial charge in [0.05, 0.1) is 6.54 Å². The van der Waals surface area contributed by atoms with E-state index in [4.69, 9.17) is 11.6 Å².